The van der Waals surface area contributed by atoms with Gasteiger partial charge in [-0.15, -0.1) is 0 Å². The molecule has 0 saturated carbocycles. The molecule has 0 radical (unpaired) electrons. The van der Waals surface area contributed by atoms with Gasteiger partial charge in [-0.05, 0) is 122 Å². The van der Waals surface area contributed by atoms with Crippen LogP contribution in [0.5, 0.6) is 0 Å². The van der Waals surface area contributed by atoms with E-state index in [9.17, 15) is 34.5 Å². The van der Waals surface area contributed by atoms with Gasteiger partial charge in [-0.1, -0.05) is 206 Å². The monoisotopic (exact) mass is 1100 g/mol. The molecule has 0 spiro atoms. The molecule has 3 N–H and O–H groups in total. The van der Waals surface area contributed by atoms with Gasteiger partial charge in [0.2, 0.25) is 0 Å². The Morgan fingerprint density at radius 3 is 1.28 bits per heavy atom. The summed E-state index contributed by atoms with van der Waals surface area (Å²) < 4.78 is 28.3. The zero-order chi connectivity index (χ0) is 57.5. The number of carboxylic acids is 1. The van der Waals surface area contributed by atoms with Crippen LogP contribution in [-0.4, -0.2) is 89.2 Å². The van der Waals surface area contributed by atoms with Crippen molar-refractivity contribution < 1.29 is 58.2 Å². The summed E-state index contributed by atoms with van der Waals surface area (Å²) in [5, 5.41) is 31.5. The molecule has 1 saturated heterocycles. The fraction of sp³-hybridized carbons (Fsp3) is 0.612. The molecule has 12 nitrogen and oxygen atoms in total. The minimum absolute atomic E-state index is 0.00997. The Morgan fingerprint density at radius 2 is 0.823 bits per heavy atom. The fourth-order valence-electron chi connectivity index (χ4n) is 8.14. The topological polar surface area (TPSA) is 175 Å². The normalized spacial score (nSPS) is 18.8. The molecule has 6 unspecified atom stereocenters. The van der Waals surface area contributed by atoms with E-state index in [2.05, 4.69) is 142 Å². The highest BCUT2D eigenvalue weighted by molar-refractivity contribution is 5.74. The number of esters is 3. The first-order valence-corrected chi connectivity index (χ1v) is 30.2. The van der Waals surface area contributed by atoms with Crippen LogP contribution < -0.4 is 0 Å². The van der Waals surface area contributed by atoms with Crippen molar-refractivity contribution in [3.8, 4) is 0 Å². The number of carboxylic acid groups (broad SMARTS) is 1. The third kappa shape index (κ3) is 43.4. The largest absolute Gasteiger partial charge is 0.479 e. The van der Waals surface area contributed by atoms with Crippen LogP contribution in [0.25, 0.3) is 0 Å². The number of aliphatic hydroxyl groups excluding tert-OH is 2. The minimum atomic E-state index is -1.93. The number of aliphatic carboxylic acids is 1. The van der Waals surface area contributed by atoms with Crippen LogP contribution in [0.1, 0.15) is 213 Å². The Balaban J connectivity index is 2.76. The van der Waals surface area contributed by atoms with Gasteiger partial charge in [0, 0.05) is 19.3 Å². The second-order valence-corrected chi connectivity index (χ2v) is 19.9. The van der Waals surface area contributed by atoms with Crippen molar-refractivity contribution in [3.63, 3.8) is 0 Å². The van der Waals surface area contributed by atoms with E-state index in [1.54, 1.807) is 0 Å². The summed E-state index contributed by atoms with van der Waals surface area (Å²) in [6, 6.07) is 0. The Labute approximate surface area is 477 Å². The first-order chi connectivity index (χ1) is 38.6. The lowest BCUT2D eigenvalue weighted by Gasteiger charge is -2.40. The summed E-state index contributed by atoms with van der Waals surface area (Å²) in [5.74, 6) is -3.30. The first-order valence-electron chi connectivity index (χ1n) is 30.2. The molecule has 12 heteroatoms. The van der Waals surface area contributed by atoms with Crippen molar-refractivity contribution in [1.82, 2.24) is 0 Å². The number of ether oxygens (including phenoxy) is 5. The maximum Gasteiger partial charge on any atom is 0.335 e. The summed E-state index contributed by atoms with van der Waals surface area (Å²) in [4.78, 5) is 51.1. The number of hydrogen-bond acceptors (Lipinski definition) is 11. The lowest BCUT2D eigenvalue weighted by Crippen LogP contribution is -2.61. The number of carbonyl (C=O) groups is 4. The van der Waals surface area contributed by atoms with Gasteiger partial charge in [-0.25, -0.2) is 4.79 Å². The highest BCUT2D eigenvalue weighted by atomic mass is 16.7. The molecular weight excluding hydrogens is 997 g/mol. The summed E-state index contributed by atoms with van der Waals surface area (Å²) in [7, 11) is 0. The first kappa shape index (κ1) is 71.9. The molecule has 1 aliphatic rings. The quantitative estimate of drug-likeness (QED) is 0.0228. The molecule has 1 rings (SSSR count). The highest BCUT2D eigenvalue weighted by Gasteiger charge is 2.50. The molecule has 0 bridgehead atoms. The highest BCUT2D eigenvalue weighted by Crippen LogP contribution is 2.26. The second kappa shape index (κ2) is 53.5. The predicted molar refractivity (Wildman–Crippen MR) is 321 cm³/mol. The van der Waals surface area contributed by atoms with Crippen molar-refractivity contribution in [1.29, 1.82) is 0 Å². The van der Waals surface area contributed by atoms with E-state index in [4.69, 9.17) is 23.7 Å². The molecule has 6 atom stereocenters. The van der Waals surface area contributed by atoms with Gasteiger partial charge >= 0.3 is 23.9 Å². The minimum Gasteiger partial charge on any atom is -0.479 e. The molecule has 0 aliphatic carbocycles. The van der Waals surface area contributed by atoms with E-state index in [1.807, 2.05) is 12.2 Å². The van der Waals surface area contributed by atoms with Gasteiger partial charge in [0.1, 0.15) is 18.8 Å². The number of aliphatic hydroxyl groups is 2. The third-order valence-corrected chi connectivity index (χ3v) is 12.7. The van der Waals surface area contributed by atoms with Gasteiger partial charge in [0.25, 0.3) is 0 Å². The van der Waals surface area contributed by atoms with Gasteiger partial charge in [-0.3, -0.25) is 14.4 Å². The van der Waals surface area contributed by atoms with Crippen molar-refractivity contribution in [2.75, 3.05) is 13.2 Å². The van der Waals surface area contributed by atoms with Crippen molar-refractivity contribution in [3.05, 3.63) is 134 Å². The van der Waals surface area contributed by atoms with Crippen LogP contribution >= 0.6 is 0 Å². The molecule has 0 amide bonds. The van der Waals surface area contributed by atoms with Crippen LogP contribution in [0.3, 0.4) is 0 Å². The molecule has 1 fully saturated rings. The van der Waals surface area contributed by atoms with Gasteiger partial charge in [-0.2, -0.15) is 0 Å². The maximum atomic E-state index is 13.2. The lowest BCUT2D eigenvalue weighted by molar-refractivity contribution is -0.301. The van der Waals surface area contributed by atoms with Crippen LogP contribution in [-0.2, 0) is 42.9 Å². The smallest absolute Gasteiger partial charge is 0.335 e. The van der Waals surface area contributed by atoms with E-state index in [0.717, 1.165) is 135 Å². The number of hydrogen-bond donors (Lipinski definition) is 3. The van der Waals surface area contributed by atoms with E-state index >= 15 is 0 Å². The maximum absolute atomic E-state index is 13.2. The van der Waals surface area contributed by atoms with Gasteiger partial charge in [0.15, 0.2) is 24.6 Å². The Morgan fingerprint density at radius 1 is 0.430 bits per heavy atom. The average Bonchev–Trinajstić information content (AvgIpc) is 3.44. The molecule has 0 aromatic heterocycles. The van der Waals surface area contributed by atoms with E-state index < -0.39 is 67.3 Å². The standard InChI is InChI=1S/C67H104O12/c1-4-7-10-13-16-19-22-25-27-29-30-32-33-36-38-41-44-47-50-53-59(68)75-56-58(77-60(69)54-51-48-45-42-40-37-34-31-28-26-23-20-17-14-11-8-5-2)57-76-67-65(63(72)62(71)64(79-67)66(73)74)78-61(70)55-52-49-46-43-39-35-24-21-18-15-12-9-6-3/h7,9-10,12,16-21,25-28,30,32,35-36,38-39,44,47,58,62-65,67,71-72H,4-6,8,11,13-15,22-24,29,31,33-34,37,40-43,45-46,48-57H2,1-3H3,(H,73,74)/b10-7-,12-9-,19-16-,20-17-,21-18-,27-25-,28-26-,32-30-,38-36-,39-35-,47-44-. The number of rotatable bonds is 49. The van der Waals surface area contributed by atoms with E-state index in [1.165, 1.54) is 19.3 Å². The van der Waals surface area contributed by atoms with Crippen molar-refractivity contribution >= 4 is 23.9 Å². The van der Waals surface area contributed by atoms with Gasteiger partial charge < -0.3 is 39.0 Å². The molecule has 0 aromatic rings. The Hall–Kier alpha value is -5.14. The predicted octanol–water partition coefficient (Wildman–Crippen LogP) is 15.8. The van der Waals surface area contributed by atoms with Crippen LogP contribution in [0, 0.1) is 0 Å². The average molecular weight is 1100 g/mol. The number of unbranched alkanes of at least 4 members (excludes halogenated alkanes) is 13. The summed E-state index contributed by atoms with van der Waals surface area (Å²) >= 11 is 0. The Bertz CT molecular complexity index is 1880. The van der Waals surface area contributed by atoms with Crippen molar-refractivity contribution in [2.45, 2.75) is 250 Å². The summed E-state index contributed by atoms with van der Waals surface area (Å²) in [5.41, 5.74) is 0. The second-order valence-electron chi connectivity index (χ2n) is 19.9. The zero-order valence-corrected chi connectivity index (χ0v) is 48.8. The van der Waals surface area contributed by atoms with E-state index in [0.29, 0.717) is 19.3 Å². The SMILES string of the molecule is CC/C=C\C/C=C\C/C=C\C/C=C\C/C=C\C/C=C\CCC(=O)OCC(COC1OC(C(=O)O)C(O)C(O)C1OC(=O)CCCCC/C=C\C/C=C\C/C=C\CC)OC(=O)CCCCCCCCC/C=C\C/C=C\CCCCC. The number of allylic oxidation sites excluding steroid dienone is 22. The van der Waals surface area contributed by atoms with Gasteiger partial charge in [0.05, 0.1) is 6.61 Å². The van der Waals surface area contributed by atoms with Crippen LogP contribution in [0.4, 0.5) is 0 Å². The van der Waals surface area contributed by atoms with Crippen LogP contribution in [0.15, 0.2) is 134 Å². The summed E-state index contributed by atoms with van der Waals surface area (Å²) in [6.45, 7) is 5.64. The molecule has 79 heavy (non-hydrogen) atoms. The molecule has 1 aliphatic heterocycles. The number of carbonyl (C=O) groups excluding carboxylic acids is 3. The lowest BCUT2D eigenvalue weighted by atomic mass is 9.98. The van der Waals surface area contributed by atoms with Crippen LogP contribution in [0.2, 0.25) is 0 Å². The molecule has 0 aromatic carbocycles. The van der Waals surface area contributed by atoms with E-state index in [-0.39, 0.29) is 25.9 Å². The molecule has 1 heterocycles. The van der Waals surface area contributed by atoms with Crippen molar-refractivity contribution in [2.24, 2.45) is 0 Å². The zero-order valence-electron chi connectivity index (χ0n) is 48.8. The Kier molecular flexibility index (Phi) is 48.7. The third-order valence-electron chi connectivity index (χ3n) is 12.7. The fourth-order valence-corrected chi connectivity index (χ4v) is 8.14. The molecular formula is C67H104O12. The summed E-state index contributed by atoms with van der Waals surface area (Å²) in [6.07, 6.45) is 62.9. The molecule has 444 valence electrons.